The molecule has 2 aromatic rings. The van der Waals surface area contributed by atoms with Crippen molar-refractivity contribution in [1.82, 2.24) is 15.3 Å². The molecule has 0 spiro atoms. The van der Waals surface area contributed by atoms with Gasteiger partial charge in [-0.2, -0.15) is 0 Å². The number of aromatic amines is 1. The fourth-order valence-corrected chi connectivity index (χ4v) is 2.02. The summed E-state index contributed by atoms with van der Waals surface area (Å²) in [6.07, 6.45) is 3.04. The van der Waals surface area contributed by atoms with Crippen LogP contribution in [0.3, 0.4) is 0 Å². The zero-order valence-corrected chi connectivity index (χ0v) is 8.30. The first-order valence-corrected chi connectivity index (χ1v) is 5.09. The molecule has 1 saturated heterocycles. The molecule has 14 heavy (non-hydrogen) atoms. The van der Waals surface area contributed by atoms with Crippen LogP contribution in [0.1, 0.15) is 18.2 Å². The van der Waals surface area contributed by atoms with E-state index in [0.29, 0.717) is 11.2 Å². The second-order valence-electron chi connectivity index (χ2n) is 3.58. The molecule has 2 N–H and O–H groups in total. The van der Waals surface area contributed by atoms with Crippen LogP contribution < -0.4 is 5.32 Å². The molecule has 0 aliphatic carbocycles. The zero-order valence-electron chi connectivity index (χ0n) is 7.55. The number of H-pyrrole nitrogens is 1. The van der Waals surface area contributed by atoms with Crippen molar-refractivity contribution in [3.05, 3.63) is 29.2 Å². The van der Waals surface area contributed by atoms with Gasteiger partial charge >= 0.3 is 0 Å². The molecule has 4 heteroatoms. The summed E-state index contributed by atoms with van der Waals surface area (Å²) in [5, 5.41) is 5.01. The fraction of sp³-hybridized carbons (Fsp3) is 0.300. The number of halogens is 1. The van der Waals surface area contributed by atoms with E-state index in [1.165, 1.54) is 0 Å². The maximum Gasteiger partial charge on any atom is 0.153 e. The molecule has 2 aromatic heterocycles. The summed E-state index contributed by atoms with van der Waals surface area (Å²) in [5.74, 6) is 0. The first-order chi connectivity index (χ1) is 6.84. The summed E-state index contributed by atoms with van der Waals surface area (Å²) >= 11 is 6.06. The maximum absolute atomic E-state index is 6.06. The predicted octanol–water partition coefficient (Wildman–Crippen LogP) is 2.25. The molecule has 1 atom stereocenters. The Balaban J connectivity index is 2.16. The number of rotatable bonds is 1. The third kappa shape index (κ3) is 1.13. The van der Waals surface area contributed by atoms with E-state index in [9.17, 15) is 0 Å². The van der Waals surface area contributed by atoms with Gasteiger partial charge in [-0.25, -0.2) is 4.98 Å². The minimum atomic E-state index is 0.395. The topological polar surface area (TPSA) is 40.7 Å². The molecule has 0 radical (unpaired) electrons. The normalized spacial score (nSPS) is 21.1. The average Bonchev–Trinajstić information content (AvgIpc) is 2.48. The van der Waals surface area contributed by atoms with Crippen molar-refractivity contribution in [2.24, 2.45) is 0 Å². The first-order valence-electron chi connectivity index (χ1n) is 4.71. The van der Waals surface area contributed by atoms with Gasteiger partial charge in [0.1, 0.15) is 0 Å². The average molecular weight is 208 g/mol. The second kappa shape index (κ2) is 2.97. The quantitative estimate of drug-likeness (QED) is 0.705. The summed E-state index contributed by atoms with van der Waals surface area (Å²) in [4.78, 5) is 7.44. The Kier molecular flexibility index (Phi) is 1.75. The van der Waals surface area contributed by atoms with Crippen molar-refractivity contribution in [3.8, 4) is 0 Å². The summed E-state index contributed by atoms with van der Waals surface area (Å²) < 4.78 is 0. The standard InChI is InChI=1S/C10H10ClN3/c11-10-9-6(1-3-13-9)5-8(14-10)7-2-4-12-7/h1,3,5,7,12-13H,2,4H2. The smallest absolute Gasteiger partial charge is 0.153 e. The van der Waals surface area contributed by atoms with Gasteiger partial charge in [-0.15, -0.1) is 0 Å². The fourth-order valence-electron chi connectivity index (χ4n) is 1.76. The van der Waals surface area contributed by atoms with E-state index in [1.54, 1.807) is 0 Å². The molecule has 0 amide bonds. The molecule has 0 saturated carbocycles. The molecule has 0 bridgehead atoms. The Labute approximate surface area is 86.5 Å². The molecular formula is C10H10ClN3. The van der Waals surface area contributed by atoms with Crippen molar-refractivity contribution in [3.63, 3.8) is 0 Å². The molecule has 3 rings (SSSR count). The third-order valence-corrected chi connectivity index (χ3v) is 2.97. The number of aromatic nitrogens is 2. The lowest BCUT2D eigenvalue weighted by Crippen LogP contribution is -2.35. The second-order valence-corrected chi connectivity index (χ2v) is 3.93. The summed E-state index contributed by atoms with van der Waals surface area (Å²) in [6, 6.07) is 4.51. The predicted molar refractivity (Wildman–Crippen MR) is 56.5 cm³/mol. The molecular weight excluding hydrogens is 198 g/mol. The van der Waals surface area contributed by atoms with Gasteiger partial charge in [-0.1, -0.05) is 11.6 Å². The zero-order chi connectivity index (χ0) is 9.54. The van der Waals surface area contributed by atoms with Crippen LogP contribution in [0.25, 0.3) is 10.9 Å². The van der Waals surface area contributed by atoms with Gasteiger partial charge in [0.2, 0.25) is 0 Å². The Bertz CT molecular complexity index is 473. The Morgan fingerprint density at radius 3 is 3.07 bits per heavy atom. The number of hydrogen-bond acceptors (Lipinski definition) is 2. The molecule has 1 fully saturated rings. The SMILES string of the molecule is Clc1nc(C2CCN2)cc2cc[nH]c12. The maximum atomic E-state index is 6.06. The number of nitrogens with one attached hydrogen (secondary N) is 2. The van der Waals surface area contributed by atoms with Gasteiger partial charge in [-0.05, 0) is 25.1 Å². The van der Waals surface area contributed by atoms with Crippen molar-refractivity contribution < 1.29 is 0 Å². The van der Waals surface area contributed by atoms with Crippen LogP contribution in [-0.4, -0.2) is 16.5 Å². The number of pyridine rings is 1. The lowest BCUT2D eigenvalue weighted by Gasteiger charge is -2.27. The Hall–Kier alpha value is -1.06. The van der Waals surface area contributed by atoms with Gasteiger partial charge in [0.25, 0.3) is 0 Å². The number of nitrogens with zero attached hydrogens (tertiary/aromatic N) is 1. The van der Waals surface area contributed by atoms with Gasteiger partial charge in [0.15, 0.2) is 5.15 Å². The van der Waals surface area contributed by atoms with Crippen molar-refractivity contribution in [2.45, 2.75) is 12.5 Å². The van der Waals surface area contributed by atoms with Crippen LogP contribution >= 0.6 is 11.6 Å². The summed E-state index contributed by atoms with van der Waals surface area (Å²) in [6.45, 7) is 1.08. The molecule has 1 aliphatic rings. The van der Waals surface area contributed by atoms with E-state index < -0.39 is 0 Å². The van der Waals surface area contributed by atoms with Crippen LogP contribution in [0.4, 0.5) is 0 Å². The largest absolute Gasteiger partial charge is 0.359 e. The van der Waals surface area contributed by atoms with Crippen LogP contribution in [-0.2, 0) is 0 Å². The van der Waals surface area contributed by atoms with Crippen LogP contribution in [0.2, 0.25) is 5.15 Å². The van der Waals surface area contributed by atoms with E-state index in [0.717, 1.165) is 29.6 Å². The van der Waals surface area contributed by atoms with Crippen molar-refractivity contribution in [2.75, 3.05) is 6.54 Å². The molecule has 1 unspecified atom stereocenters. The highest BCUT2D eigenvalue weighted by molar-refractivity contribution is 6.33. The molecule has 72 valence electrons. The van der Waals surface area contributed by atoms with Gasteiger partial charge < -0.3 is 10.3 Å². The van der Waals surface area contributed by atoms with Crippen molar-refractivity contribution >= 4 is 22.5 Å². The highest BCUT2D eigenvalue weighted by Crippen LogP contribution is 2.27. The van der Waals surface area contributed by atoms with Crippen molar-refractivity contribution in [1.29, 1.82) is 0 Å². The van der Waals surface area contributed by atoms with E-state index in [1.807, 2.05) is 12.3 Å². The lowest BCUT2D eigenvalue weighted by molar-refractivity contribution is 0.375. The minimum Gasteiger partial charge on any atom is -0.359 e. The highest BCUT2D eigenvalue weighted by Gasteiger charge is 2.20. The summed E-state index contributed by atoms with van der Waals surface area (Å²) in [5.41, 5.74) is 1.98. The number of hydrogen-bond donors (Lipinski definition) is 2. The van der Waals surface area contributed by atoms with E-state index in [2.05, 4.69) is 21.4 Å². The van der Waals surface area contributed by atoms with E-state index >= 15 is 0 Å². The van der Waals surface area contributed by atoms with Crippen LogP contribution in [0, 0.1) is 0 Å². The molecule has 3 nitrogen and oxygen atoms in total. The van der Waals surface area contributed by atoms with E-state index in [-0.39, 0.29) is 0 Å². The van der Waals surface area contributed by atoms with Gasteiger partial charge in [0, 0.05) is 11.6 Å². The Morgan fingerprint density at radius 2 is 2.36 bits per heavy atom. The Morgan fingerprint density at radius 1 is 1.50 bits per heavy atom. The molecule has 3 heterocycles. The van der Waals surface area contributed by atoms with Gasteiger partial charge in [-0.3, -0.25) is 0 Å². The first kappa shape index (κ1) is 8.26. The van der Waals surface area contributed by atoms with Gasteiger partial charge in [0.05, 0.1) is 17.3 Å². The minimum absolute atomic E-state index is 0.395. The summed E-state index contributed by atoms with van der Waals surface area (Å²) in [7, 11) is 0. The van der Waals surface area contributed by atoms with Crippen LogP contribution in [0.5, 0.6) is 0 Å². The highest BCUT2D eigenvalue weighted by atomic mass is 35.5. The van der Waals surface area contributed by atoms with Crippen LogP contribution in [0.15, 0.2) is 18.3 Å². The third-order valence-electron chi connectivity index (χ3n) is 2.70. The lowest BCUT2D eigenvalue weighted by atomic mass is 10.0. The number of fused-ring (bicyclic) bond motifs is 1. The van der Waals surface area contributed by atoms with E-state index in [4.69, 9.17) is 11.6 Å². The molecule has 1 aliphatic heterocycles. The molecule has 0 aromatic carbocycles. The monoisotopic (exact) mass is 207 g/mol.